The SMILES string of the molecule is CC(CCCC=O)C(=O)OCc1ccccc1. The summed E-state index contributed by atoms with van der Waals surface area (Å²) in [4.78, 5) is 21.8. The Labute approximate surface area is 102 Å². The van der Waals surface area contributed by atoms with Crippen molar-refractivity contribution in [3.63, 3.8) is 0 Å². The summed E-state index contributed by atoms with van der Waals surface area (Å²) in [6.45, 7) is 2.15. The lowest BCUT2D eigenvalue weighted by Gasteiger charge is -2.10. The maximum Gasteiger partial charge on any atom is 0.308 e. The van der Waals surface area contributed by atoms with E-state index in [1.807, 2.05) is 37.3 Å². The number of rotatable bonds is 7. The van der Waals surface area contributed by atoms with E-state index in [9.17, 15) is 9.59 Å². The second kappa shape index (κ2) is 7.60. The molecule has 0 aliphatic heterocycles. The smallest absolute Gasteiger partial charge is 0.308 e. The zero-order chi connectivity index (χ0) is 12.5. The van der Waals surface area contributed by atoms with Crippen molar-refractivity contribution < 1.29 is 14.3 Å². The Morgan fingerprint density at radius 3 is 2.71 bits per heavy atom. The van der Waals surface area contributed by atoms with Gasteiger partial charge in [0, 0.05) is 6.42 Å². The van der Waals surface area contributed by atoms with Gasteiger partial charge in [-0.2, -0.15) is 0 Å². The van der Waals surface area contributed by atoms with Gasteiger partial charge in [0.25, 0.3) is 0 Å². The molecule has 1 atom stereocenters. The molecule has 92 valence electrons. The highest BCUT2D eigenvalue weighted by atomic mass is 16.5. The van der Waals surface area contributed by atoms with Gasteiger partial charge in [0.05, 0.1) is 5.92 Å². The van der Waals surface area contributed by atoms with Crippen molar-refractivity contribution in [3.8, 4) is 0 Å². The summed E-state index contributed by atoms with van der Waals surface area (Å²) in [5.74, 6) is -0.335. The van der Waals surface area contributed by atoms with Crippen molar-refractivity contribution >= 4 is 12.3 Å². The minimum absolute atomic E-state index is 0.140. The van der Waals surface area contributed by atoms with Gasteiger partial charge in [0.1, 0.15) is 12.9 Å². The van der Waals surface area contributed by atoms with Crippen LogP contribution < -0.4 is 0 Å². The second-order valence-electron chi connectivity index (χ2n) is 4.09. The summed E-state index contributed by atoms with van der Waals surface area (Å²) in [6, 6.07) is 9.59. The Hall–Kier alpha value is -1.64. The lowest BCUT2D eigenvalue weighted by atomic mass is 10.1. The average molecular weight is 234 g/mol. The van der Waals surface area contributed by atoms with Crippen LogP contribution in [-0.2, 0) is 20.9 Å². The highest BCUT2D eigenvalue weighted by molar-refractivity contribution is 5.72. The molecule has 1 aromatic carbocycles. The molecule has 0 aliphatic carbocycles. The molecule has 0 saturated heterocycles. The fourth-order valence-corrected chi connectivity index (χ4v) is 1.50. The first kappa shape index (κ1) is 13.4. The van der Waals surface area contributed by atoms with E-state index in [-0.39, 0.29) is 11.9 Å². The minimum atomic E-state index is -0.195. The molecule has 0 saturated carbocycles. The fourth-order valence-electron chi connectivity index (χ4n) is 1.50. The van der Waals surface area contributed by atoms with Gasteiger partial charge in [-0.25, -0.2) is 0 Å². The van der Waals surface area contributed by atoms with Crippen LogP contribution in [0.2, 0.25) is 0 Å². The van der Waals surface area contributed by atoms with Crippen LogP contribution in [0.4, 0.5) is 0 Å². The molecule has 1 rings (SSSR count). The van der Waals surface area contributed by atoms with Crippen molar-refractivity contribution in [2.45, 2.75) is 32.8 Å². The van der Waals surface area contributed by atoms with Gasteiger partial charge >= 0.3 is 5.97 Å². The molecular weight excluding hydrogens is 216 g/mol. The molecule has 0 heterocycles. The molecule has 0 bridgehead atoms. The molecule has 0 aliphatic rings. The Bertz CT molecular complexity index is 346. The molecule has 0 aromatic heterocycles. The molecule has 0 spiro atoms. The highest BCUT2D eigenvalue weighted by Gasteiger charge is 2.13. The molecule has 0 amide bonds. The van der Waals surface area contributed by atoms with E-state index in [0.717, 1.165) is 18.3 Å². The number of unbranched alkanes of at least 4 members (excludes halogenated alkanes) is 1. The van der Waals surface area contributed by atoms with E-state index in [4.69, 9.17) is 4.74 Å². The predicted octanol–water partition coefficient (Wildman–Crippen LogP) is 2.74. The van der Waals surface area contributed by atoms with Crippen molar-refractivity contribution in [1.82, 2.24) is 0 Å². The predicted molar refractivity (Wildman–Crippen MR) is 65.3 cm³/mol. The molecule has 1 unspecified atom stereocenters. The van der Waals surface area contributed by atoms with Gasteiger partial charge in [-0.1, -0.05) is 37.3 Å². The topological polar surface area (TPSA) is 43.4 Å². The van der Waals surface area contributed by atoms with Crippen LogP contribution in [0.25, 0.3) is 0 Å². The van der Waals surface area contributed by atoms with Gasteiger partial charge in [-0.15, -0.1) is 0 Å². The van der Waals surface area contributed by atoms with E-state index in [0.29, 0.717) is 19.4 Å². The molecule has 0 fully saturated rings. The maximum absolute atomic E-state index is 11.6. The Balaban J connectivity index is 2.26. The Kier molecular flexibility index (Phi) is 6.00. The van der Waals surface area contributed by atoms with Crippen LogP contribution in [0.5, 0.6) is 0 Å². The third-order valence-electron chi connectivity index (χ3n) is 2.59. The van der Waals surface area contributed by atoms with E-state index in [1.54, 1.807) is 0 Å². The van der Waals surface area contributed by atoms with Crippen LogP contribution in [0, 0.1) is 5.92 Å². The van der Waals surface area contributed by atoms with Crippen LogP contribution in [0.1, 0.15) is 31.7 Å². The first-order valence-corrected chi connectivity index (χ1v) is 5.88. The van der Waals surface area contributed by atoms with E-state index in [1.165, 1.54) is 0 Å². The summed E-state index contributed by atoms with van der Waals surface area (Å²) < 4.78 is 5.19. The van der Waals surface area contributed by atoms with Crippen molar-refractivity contribution in [2.75, 3.05) is 0 Å². The quantitative estimate of drug-likeness (QED) is 0.414. The molecule has 0 N–H and O–H groups in total. The summed E-state index contributed by atoms with van der Waals surface area (Å²) in [5.41, 5.74) is 0.987. The summed E-state index contributed by atoms with van der Waals surface area (Å²) in [6.07, 6.45) is 2.83. The molecular formula is C14H18O3. The number of hydrogen-bond acceptors (Lipinski definition) is 3. The van der Waals surface area contributed by atoms with E-state index in [2.05, 4.69) is 0 Å². The minimum Gasteiger partial charge on any atom is -0.461 e. The first-order valence-electron chi connectivity index (χ1n) is 5.88. The Morgan fingerprint density at radius 1 is 1.35 bits per heavy atom. The van der Waals surface area contributed by atoms with E-state index >= 15 is 0 Å². The first-order chi connectivity index (χ1) is 8.24. The molecule has 17 heavy (non-hydrogen) atoms. The molecule has 0 radical (unpaired) electrons. The summed E-state index contributed by atoms with van der Waals surface area (Å²) in [5, 5.41) is 0. The van der Waals surface area contributed by atoms with Gasteiger partial charge in [0.2, 0.25) is 0 Å². The number of esters is 1. The average Bonchev–Trinajstić information content (AvgIpc) is 2.37. The molecule has 3 heteroatoms. The zero-order valence-corrected chi connectivity index (χ0v) is 10.1. The number of benzene rings is 1. The number of aldehydes is 1. The van der Waals surface area contributed by atoms with Gasteiger partial charge in [-0.3, -0.25) is 4.79 Å². The Morgan fingerprint density at radius 2 is 2.06 bits per heavy atom. The molecule has 1 aromatic rings. The maximum atomic E-state index is 11.6. The zero-order valence-electron chi connectivity index (χ0n) is 10.1. The van der Waals surface area contributed by atoms with E-state index < -0.39 is 0 Å². The van der Waals surface area contributed by atoms with Gasteiger partial charge < -0.3 is 9.53 Å². The summed E-state index contributed by atoms with van der Waals surface area (Å²) >= 11 is 0. The standard InChI is InChI=1S/C14H18O3/c1-12(7-5-6-10-15)14(16)17-11-13-8-3-2-4-9-13/h2-4,8-10,12H,5-7,11H2,1H3. The van der Waals surface area contributed by atoms with Crippen LogP contribution in [0.3, 0.4) is 0 Å². The highest BCUT2D eigenvalue weighted by Crippen LogP contribution is 2.10. The van der Waals surface area contributed by atoms with Gasteiger partial charge in [-0.05, 0) is 18.4 Å². The number of hydrogen-bond donors (Lipinski definition) is 0. The normalized spacial score (nSPS) is 11.8. The number of carbonyl (C=O) groups excluding carboxylic acids is 2. The molecule has 3 nitrogen and oxygen atoms in total. The summed E-state index contributed by atoms with van der Waals surface area (Å²) in [7, 11) is 0. The number of carbonyl (C=O) groups is 2. The largest absolute Gasteiger partial charge is 0.461 e. The third-order valence-corrected chi connectivity index (χ3v) is 2.59. The third kappa shape index (κ3) is 5.29. The fraction of sp³-hybridized carbons (Fsp3) is 0.429. The van der Waals surface area contributed by atoms with Crippen LogP contribution >= 0.6 is 0 Å². The number of ether oxygens (including phenoxy) is 1. The van der Waals surface area contributed by atoms with Crippen LogP contribution in [-0.4, -0.2) is 12.3 Å². The lowest BCUT2D eigenvalue weighted by molar-refractivity contribution is -0.149. The lowest BCUT2D eigenvalue weighted by Crippen LogP contribution is -2.14. The van der Waals surface area contributed by atoms with Crippen molar-refractivity contribution in [1.29, 1.82) is 0 Å². The van der Waals surface area contributed by atoms with Crippen molar-refractivity contribution in [2.24, 2.45) is 5.92 Å². The van der Waals surface area contributed by atoms with Gasteiger partial charge in [0.15, 0.2) is 0 Å². The monoisotopic (exact) mass is 234 g/mol. The van der Waals surface area contributed by atoms with Crippen LogP contribution in [0.15, 0.2) is 30.3 Å². The second-order valence-corrected chi connectivity index (χ2v) is 4.09. The van der Waals surface area contributed by atoms with Crippen molar-refractivity contribution in [3.05, 3.63) is 35.9 Å².